The smallest absolute Gasteiger partial charge is 0.303 e. The highest BCUT2D eigenvalue weighted by atomic mass is 16.5. The number of ether oxygens (including phenoxy) is 1. The number of aliphatic hydroxyl groups excluding tert-OH is 1. The molecule has 4 nitrogen and oxygen atoms in total. The summed E-state index contributed by atoms with van der Waals surface area (Å²) in [7, 11) is 0. The van der Waals surface area contributed by atoms with E-state index in [0.29, 0.717) is 13.0 Å². The highest BCUT2D eigenvalue weighted by Crippen LogP contribution is 2.18. The van der Waals surface area contributed by atoms with Crippen LogP contribution in [0.25, 0.3) is 0 Å². The highest BCUT2D eigenvalue weighted by molar-refractivity contribution is 5.66. The summed E-state index contributed by atoms with van der Waals surface area (Å²) in [5.74, 6) is -0.736. The van der Waals surface area contributed by atoms with E-state index < -0.39 is 5.97 Å². The first-order chi connectivity index (χ1) is 14.1. The number of rotatable bonds is 19. The fourth-order valence-corrected chi connectivity index (χ4v) is 3.64. The zero-order chi connectivity index (χ0) is 21.2. The SMILES string of the molecule is CCCCCCC(O)CCCCCCC(CCCC(=O)O)OCc1ccccc1. The van der Waals surface area contributed by atoms with Gasteiger partial charge in [-0.2, -0.15) is 0 Å². The van der Waals surface area contributed by atoms with Gasteiger partial charge in [0.2, 0.25) is 0 Å². The molecule has 1 aromatic carbocycles. The van der Waals surface area contributed by atoms with E-state index in [2.05, 4.69) is 19.1 Å². The number of carboxylic acid groups (broad SMARTS) is 1. The van der Waals surface area contributed by atoms with Gasteiger partial charge in [-0.05, 0) is 37.7 Å². The number of carboxylic acids is 1. The van der Waals surface area contributed by atoms with Crippen molar-refractivity contribution >= 4 is 5.97 Å². The summed E-state index contributed by atoms with van der Waals surface area (Å²) >= 11 is 0. The molecule has 29 heavy (non-hydrogen) atoms. The van der Waals surface area contributed by atoms with E-state index >= 15 is 0 Å². The summed E-state index contributed by atoms with van der Waals surface area (Å²) in [6, 6.07) is 10.1. The summed E-state index contributed by atoms with van der Waals surface area (Å²) in [4.78, 5) is 10.8. The van der Waals surface area contributed by atoms with E-state index in [9.17, 15) is 9.90 Å². The average molecular weight is 407 g/mol. The van der Waals surface area contributed by atoms with Crippen molar-refractivity contribution in [3.8, 4) is 0 Å². The summed E-state index contributed by atoms with van der Waals surface area (Å²) in [5, 5.41) is 18.9. The van der Waals surface area contributed by atoms with Gasteiger partial charge in [-0.3, -0.25) is 4.79 Å². The van der Waals surface area contributed by atoms with Crippen LogP contribution >= 0.6 is 0 Å². The van der Waals surface area contributed by atoms with Crippen molar-refractivity contribution in [2.45, 2.75) is 116 Å². The van der Waals surface area contributed by atoms with Crippen molar-refractivity contribution in [2.75, 3.05) is 0 Å². The maximum atomic E-state index is 10.8. The van der Waals surface area contributed by atoms with E-state index in [4.69, 9.17) is 9.84 Å². The standard InChI is InChI=1S/C25H42O4/c1-2-3-4-10-16-23(26)17-11-5-6-12-18-24(19-13-20-25(27)28)29-21-22-14-8-7-9-15-22/h7-9,14-15,23-24,26H,2-6,10-13,16-21H2,1H3,(H,27,28). The summed E-state index contributed by atoms with van der Waals surface area (Å²) in [5.41, 5.74) is 1.16. The molecule has 1 aromatic rings. The summed E-state index contributed by atoms with van der Waals surface area (Å²) in [6.07, 6.45) is 13.9. The van der Waals surface area contributed by atoms with E-state index in [0.717, 1.165) is 63.4 Å². The van der Waals surface area contributed by atoms with Crippen molar-refractivity contribution in [1.29, 1.82) is 0 Å². The minimum atomic E-state index is -0.736. The second kappa shape index (κ2) is 17.5. The van der Waals surface area contributed by atoms with Gasteiger partial charge in [-0.1, -0.05) is 88.6 Å². The lowest BCUT2D eigenvalue weighted by atomic mass is 10.0. The second-order valence-electron chi connectivity index (χ2n) is 8.20. The Labute approximate surface area is 177 Å². The molecule has 2 atom stereocenters. The molecule has 0 saturated carbocycles. The Morgan fingerprint density at radius 1 is 0.862 bits per heavy atom. The topological polar surface area (TPSA) is 66.8 Å². The Morgan fingerprint density at radius 2 is 1.45 bits per heavy atom. The van der Waals surface area contributed by atoms with E-state index in [1.807, 2.05) is 18.2 Å². The highest BCUT2D eigenvalue weighted by Gasteiger charge is 2.11. The quantitative estimate of drug-likeness (QED) is 0.257. The van der Waals surface area contributed by atoms with Crippen LogP contribution in [-0.4, -0.2) is 28.4 Å². The number of aliphatic hydroxyl groups is 1. The molecule has 0 fully saturated rings. The predicted molar refractivity (Wildman–Crippen MR) is 119 cm³/mol. The molecule has 4 heteroatoms. The number of hydrogen-bond donors (Lipinski definition) is 2. The lowest BCUT2D eigenvalue weighted by molar-refractivity contribution is -0.137. The van der Waals surface area contributed by atoms with Crippen LogP contribution in [0.3, 0.4) is 0 Å². The third kappa shape index (κ3) is 15.2. The van der Waals surface area contributed by atoms with Crippen molar-refractivity contribution in [3.63, 3.8) is 0 Å². The molecule has 166 valence electrons. The minimum Gasteiger partial charge on any atom is -0.481 e. The maximum Gasteiger partial charge on any atom is 0.303 e. The van der Waals surface area contributed by atoms with Crippen LogP contribution in [0.15, 0.2) is 30.3 Å². The Balaban J connectivity index is 2.17. The predicted octanol–water partition coefficient (Wildman–Crippen LogP) is 6.50. The van der Waals surface area contributed by atoms with Crippen LogP contribution in [-0.2, 0) is 16.1 Å². The van der Waals surface area contributed by atoms with Crippen LogP contribution in [0.2, 0.25) is 0 Å². The van der Waals surface area contributed by atoms with Gasteiger partial charge in [0, 0.05) is 6.42 Å². The largest absolute Gasteiger partial charge is 0.481 e. The molecule has 0 aliphatic rings. The van der Waals surface area contributed by atoms with E-state index in [1.165, 1.54) is 19.3 Å². The molecule has 2 N–H and O–H groups in total. The minimum absolute atomic E-state index is 0.124. The van der Waals surface area contributed by atoms with Gasteiger partial charge in [0.05, 0.1) is 18.8 Å². The Morgan fingerprint density at radius 3 is 2.07 bits per heavy atom. The lowest BCUT2D eigenvalue weighted by Crippen LogP contribution is -2.14. The molecule has 0 bridgehead atoms. The van der Waals surface area contributed by atoms with Crippen molar-refractivity contribution < 1.29 is 19.7 Å². The molecule has 0 saturated heterocycles. The monoisotopic (exact) mass is 406 g/mol. The Kier molecular flexibility index (Phi) is 15.4. The fourth-order valence-electron chi connectivity index (χ4n) is 3.64. The first kappa shape index (κ1) is 25.6. The van der Waals surface area contributed by atoms with Crippen LogP contribution in [0.4, 0.5) is 0 Å². The Bertz CT molecular complexity index is 503. The fraction of sp³-hybridized carbons (Fsp3) is 0.720. The molecule has 0 heterocycles. The van der Waals surface area contributed by atoms with Crippen LogP contribution in [0, 0.1) is 0 Å². The van der Waals surface area contributed by atoms with E-state index in [-0.39, 0.29) is 18.6 Å². The molecule has 0 radical (unpaired) electrons. The molecule has 0 spiro atoms. The Hall–Kier alpha value is -1.39. The molecule has 0 amide bonds. The van der Waals surface area contributed by atoms with Gasteiger partial charge in [-0.15, -0.1) is 0 Å². The van der Waals surface area contributed by atoms with Crippen LogP contribution in [0.5, 0.6) is 0 Å². The van der Waals surface area contributed by atoms with Gasteiger partial charge in [0.1, 0.15) is 0 Å². The van der Waals surface area contributed by atoms with Gasteiger partial charge in [0.25, 0.3) is 0 Å². The first-order valence-corrected chi connectivity index (χ1v) is 11.7. The zero-order valence-electron chi connectivity index (χ0n) is 18.4. The van der Waals surface area contributed by atoms with Crippen molar-refractivity contribution in [1.82, 2.24) is 0 Å². The van der Waals surface area contributed by atoms with E-state index in [1.54, 1.807) is 0 Å². The molecular weight excluding hydrogens is 364 g/mol. The molecular formula is C25H42O4. The summed E-state index contributed by atoms with van der Waals surface area (Å²) in [6.45, 7) is 2.79. The summed E-state index contributed by atoms with van der Waals surface area (Å²) < 4.78 is 6.09. The number of aliphatic carboxylic acids is 1. The maximum absolute atomic E-state index is 10.8. The number of carbonyl (C=O) groups is 1. The van der Waals surface area contributed by atoms with Crippen LogP contribution in [0.1, 0.15) is 102 Å². The number of unbranched alkanes of at least 4 members (excludes halogenated alkanes) is 6. The van der Waals surface area contributed by atoms with Crippen molar-refractivity contribution in [2.24, 2.45) is 0 Å². The number of benzene rings is 1. The molecule has 0 aromatic heterocycles. The van der Waals surface area contributed by atoms with Gasteiger partial charge in [0.15, 0.2) is 0 Å². The normalized spacial score (nSPS) is 13.3. The van der Waals surface area contributed by atoms with Crippen LogP contribution < -0.4 is 0 Å². The average Bonchev–Trinajstić information content (AvgIpc) is 2.72. The van der Waals surface area contributed by atoms with Gasteiger partial charge in [-0.25, -0.2) is 0 Å². The molecule has 1 rings (SSSR count). The third-order valence-electron chi connectivity index (χ3n) is 5.45. The first-order valence-electron chi connectivity index (χ1n) is 11.7. The van der Waals surface area contributed by atoms with Gasteiger partial charge >= 0.3 is 5.97 Å². The zero-order valence-corrected chi connectivity index (χ0v) is 18.4. The lowest BCUT2D eigenvalue weighted by Gasteiger charge is -2.18. The molecule has 0 aliphatic carbocycles. The molecule has 0 aliphatic heterocycles. The molecule has 2 unspecified atom stereocenters. The third-order valence-corrected chi connectivity index (χ3v) is 5.45. The van der Waals surface area contributed by atoms with Crippen molar-refractivity contribution in [3.05, 3.63) is 35.9 Å². The second-order valence-corrected chi connectivity index (χ2v) is 8.20. The van der Waals surface area contributed by atoms with Gasteiger partial charge < -0.3 is 14.9 Å². The number of hydrogen-bond acceptors (Lipinski definition) is 3.